The minimum atomic E-state index is -0.980. The van der Waals surface area contributed by atoms with E-state index in [-0.39, 0.29) is 6.61 Å². The van der Waals surface area contributed by atoms with Gasteiger partial charge in [-0.25, -0.2) is 21.1 Å². The van der Waals surface area contributed by atoms with E-state index in [4.69, 9.17) is 35.1 Å². The van der Waals surface area contributed by atoms with Gasteiger partial charge in [0.1, 0.15) is 18.1 Å². The second kappa shape index (κ2) is 10.0. The predicted octanol–water partition coefficient (Wildman–Crippen LogP) is 4.71. The molecule has 1 aliphatic rings. The van der Waals surface area contributed by atoms with Crippen molar-refractivity contribution < 1.29 is 14.3 Å². The first kappa shape index (κ1) is 24.0. The molecule has 1 atom stereocenters. The fourth-order valence-electron chi connectivity index (χ4n) is 3.57. The number of urea groups is 1. The lowest BCUT2D eigenvalue weighted by molar-refractivity contribution is 0.144. The van der Waals surface area contributed by atoms with Crippen LogP contribution in [-0.2, 0) is 10.3 Å². The van der Waals surface area contributed by atoms with Crippen LogP contribution in [0.25, 0.3) is 16.0 Å². The zero-order valence-electron chi connectivity index (χ0n) is 18.2. The molecule has 2 heterocycles. The molecule has 9 nitrogen and oxygen atoms in total. The SMILES string of the molecule is [C-]#[N+]C1(c2ncccc2-c2ccc([C@H](COC(N)=O)NC(=O)Nc3csc(C#C)n3)cc2Cl)CC1. The third-order valence-corrected chi connectivity index (χ3v) is 6.52. The summed E-state index contributed by atoms with van der Waals surface area (Å²) in [7, 11) is 0. The molecule has 1 aromatic carbocycles. The Morgan fingerprint density at radius 1 is 1.37 bits per heavy atom. The van der Waals surface area contributed by atoms with Crippen LogP contribution in [0.2, 0.25) is 5.02 Å². The Bertz CT molecular complexity index is 1370. The Hall–Kier alpha value is -4.12. The molecule has 0 aliphatic heterocycles. The number of aromatic nitrogens is 2. The summed E-state index contributed by atoms with van der Waals surface area (Å²) in [6.07, 6.45) is 7.50. The molecule has 0 saturated heterocycles. The number of carbonyl (C=O) groups excluding carboxylic acids is 2. The number of halogens is 1. The first-order chi connectivity index (χ1) is 16.8. The second-order valence-corrected chi connectivity index (χ2v) is 9.01. The maximum Gasteiger partial charge on any atom is 0.404 e. The largest absolute Gasteiger partial charge is 0.447 e. The summed E-state index contributed by atoms with van der Waals surface area (Å²) in [4.78, 5) is 36.1. The molecule has 176 valence electrons. The average Bonchev–Trinajstić information content (AvgIpc) is 3.52. The van der Waals surface area contributed by atoms with Crippen LogP contribution in [0.15, 0.2) is 41.9 Å². The Balaban J connectivity index is 1.59. The molecule has 4 rings (SSSR count). The molecule has 1 aliphatic carbocycles. The number of carbonyl (C=O) groups is 2. The fraction of sp³-hybridized carbons (Fsp3) is 0.208. The third kappa shape index (κ3) is 5.35. The summed E-state index contributed by atoms with van der Waals surface area (Å²) in [6.45, 7) is 7.37. The molecular formula is C24H19ClN6O3S. The second-order valence-electron chi connectivity index (χ2n) is 7.75. The van der Waals surface area contributed by atoms with Crippen molar-refractivity contribution in [2.45, 2.75) is 24.4 Å². The lowest BCUT2D eigenvalue weighted by Gasteiger charge is -2.20. The van der Waals surface area contributed by atoms with Crippen LogP contribution >= 0.6 is 22.9 Å². The van der Waals surface area contributed by atoms with Crippen LogP contribution < -0.4 is 16.4 Å². The molecule has 3 aromatic rings. The van der Waals surface area contributed by atoms with Crippen molar-refractivity contribution in [1.82, 2.24) is 15.3 Å². The summed E-state index contributed by atoms with van der Waals surface area (Å²) in [6, 6.07) is 7.54. The highest BCUT2D eigenvalue weighted by molar-refractivity contribution is 7.10. The van der Waals surface area contributed by atoms with Crippen molar-refractivity contribution in [2.24, 2.45) is 5.73 Å². The van der Waals surface area contributed by atoms with Crippen molar-refractivity contribution in [3.63, 3.8) is 0 Å². The van der Waals surface area contributed by atoms with Crippen molar-refractivity contribution in [3.8, 4) is 23.5 Å². The molecule has 0 radical (unpaired) electrons. The third-order valence-electron chi connectivity index (χ3n) is 5.44. The topological polar surface area (TPSA) is 124 Å². The first-order valence-corrected chi connectivity index (χ1v) is 11.7. The number of anilines is 1. The molecule has 11 heteroatoms. The average molecular weight is 507 g/mol. The summed E-state index contributed by atoms with van der Waals surface area (Å²) < 4.78 is 4.94. The van der Waals surface area contributed by atoms with Crippen molar-refractivity contribution in [2.75, 3.05) is 11.9 Å². The predicted molar refractivity (Wildman–Crippen MR) is 133 cm³/mol. The molecule has 2 aromatic heterocycles. The van der Waals surface area contributed by atoms with Gasteiger partial charge >= 0.3 is 12.1 Å². The van der Waals surface area contributed by atoms with E-state index in [1.807, 2.05) is 6.07 Å². The maximum atomic E-state index is 12.6. The van der Waals surface area contributed by atoms with Crippen LogP contribution in [0.1, 0.15) is 35.1 Å². The van der Waals surface area contributed by atoms with Gasteiger partial charge in [-0.3, -0.25) is 10.3 Å². The maximum absolute atomic E-state index is 12.6. The minimum Gasteiger partial charge on any atom is -0.447 e. The van der Waals surface area contributed by atoms with Gasteiger partial charge in [0, 0.05) is 40.6 Å². The van der Waals surface area contributed by atoms with E-state index in [9.17, 15) is 9.59 Å². The molecule has 1 saturated carbocycles. The summed E-state index contributed by atoms with van der Waals surface area (Å²) in [5, 5.41) is 7.74. The van der Waals surface area contributed by atoms with Crippen molar-refractivity contribution >= 4 is 40.9 Å². The molecule has 0 unspecified atom stereocenters. The highest BCUT2D eigenvalue weighted by atomic mass is 35.5. The van der Waals surface area contributed by atoms with E-state index < -0.39 is 23.7 Å². The van der Waals surface area contributed by atoms with Gasteiger partial charge in [0.2, 0.25) is 0 Å². The Morgan fingerprint density at radius 3 is 2.80 bits per heavy atom. The number of nitrogens with one attached hydrogen (secondary N) is 2. The van der Waals surface area contributed by atoms with Crippen LogP contribution in [0, 0.1) is 18.9 Å². The number of amides is 3. The molecule has 1 fully saturated rings. The Labute approximate surface area is 210 Å². The lowest BCUT2D eigenvalue weighted by atomic mass is 9.96. The number of nitrogens with zero attached hydrogens (tertiary/aromatic N) is 3. The number of hydrogen-bond donors (Lipinski definition) is 3. The number of pyridine rings is 1. The van der Waals surface area contributed by atoms with Gasteiger partial charge in [0.25, 0.3) is 5.54 Å². The monoisotopic (exact) mass is 506 g/mol. The number of thiazole rings is 1. The van der Waals surface area contributed by atoms with E-state index in [0.717, 1.165) is 18.4 Å². The summed E-state index contributed by atoms with van der Waals surface area (Å²) in [5.74, 6) is 2.69. The molecule has 0 bridgehead atoms. The highest BCUT2D eigenvalue weighted by Gasteiger charge is 2.55. The van der Waals surface area contributed by atoms with Gasteiger partial charge in [-0.2, -0.15) is 0 Å². The summed E-state index contributed by atoms with van der Waals surface area (Å²) in [5.41, 5.74) is 7.28. The van der Waals surface area contributed by atoms with E-state index in [1.165, 1.54) is 11.3 Å². The van der Waals surface area contributed by atoms with Crippen LogP contribution in [-0.4, -0.2) is 28.7 Å². The molecular weight excluding hydrogens is 488 g/mol. The number of rotatable bonds is 7. The van der Waals surface area contributed by atoms with Crippen LogP contribution in [0.3, 0.4) is 0 Å². The van der Waals surface area contributed by atoms with E-state index in [0.29, 0.717) is 32.7 Å². The lowest BCUT2D eigenvalue weighted by Crippen LogP contribution is -2.36. The fourth-order valence-corrected chi connectivity index (χ4v) is 4.42. The zero-order chi connectivity index (χ0) is 25.0. The molecule has 4 N–H and O–H groups in total. The smallest absolute Gasteiger partial charge is 0.404 e. The van der Waals surface area contributed by atoms with E-state index in [1.54, 1.807) is 35.8 Å². The van der Waals surface area contributed by atoms with Crippen LogP contribution in [0.5, 0.6) is 0 Å². The number of ether oxygens (including phenoxy) is 1. The number of terminal acetylenes is 1. The summed E-state index contributed by atoms with van der Waals surface area (Å²) >= 11 is 7.86. The Kier molecular flexibility index (Phi) is 6.87. The van der Waals surface area contributed by atoms with Gasteiger partial charge in [-0.1, -0.05) is 29.8 Å². The number of primary amides is 1. The van der Waals surface area contributed by atoms with Crippen molar-refractivity contribution in [3.05, 3.63) is 74.6 Å². The van der Waals surface area contributed by atoms with E-state index in [2.05, 4.69) is 31.4 Å². The minimum absolute atomic E-state index is 0.218. The standard InChI is InChI=1S/C24H19ClN6O3S/c1-3-20-30-19(13-35-20)31-23(33)29-18(12-34-22(26)32)14-6-7-15(17(25)11-14)16-5-4-10-28-21(16)24(27-2)8-9-24/h1,4-7,10-11,13,18H,8-9,12H2,(H2,26,32)(H2,29,31,33)/t18-/m0/s1. The number of nitrogens with two attached hydrogens (primary N) is 1. The van der Waals surface area contributed by atoms with E-state index >= 15 is 0 Å². The van der Waals surface area contributed by atoms with Gasteiger partial charge in [-0.05, 0) is 23.6 Å². The van der Waals surface area contributed by atoms with Gasteiger partial charge in [0.15, 0.2) is 5.01 Å². The van der Waals surface area contributed by atoms with Crippen LogP contribution in [0.4, 0.5) is 15.4 Å². The first-order valence-electron chi connectivity index (χ1n) is 10.4. The highest BCUT2D eigenvalue weighted by Crippen LogP contribution is 2.52. The number of hydrogen-bond acceptors (Lipinski definition) is 6. The Morgan fingerprint density at radius 2 is 2.17 bits per heavy atom. The zero-order valence-corrected chi connectivity index (χ0v) is 19.8. The molecule has 3 amide bonds. The van der Waals surface area contributed by atoms with Gasteiger partial charge in [0.05, 0.1) is 6.04 Å². The van der Waals surface area contributed by atoms with Gasteiger partial charge in [-0.15, -0.1) is 17.8 Å². The normalized spacial score (nSPS) is 14.1. The quantitative estimate of drug-likeness (QED) is 0.316. The molecule has 35 heavy (non-hydrogen) atoms. The van der Waals surface area contributed by atoms with Crippen molar-refractivity contribution in [1.29, 1.82) is 0 Å². The number of benzene rings is 1. The molecule has 0 spiro atoms. The van der Waals surface area contributed by atoms with Gasteiger partial charge < -0.3 is 20.6 Å².